The molecule has 0 unspecified atom stereocenters. The molecule has 0 bridgehead atoms. The molecule has 1 N–H and O–H groups in total. The molecule has 8 heteroatoms. The number of carbonyl (C=O) groups excluding carboxylic acids is 1. The number of hydrogen-bond acceptors (Lipinski definition) is 3. The Hall–Kier alpha value is -1.60. The summed E-state index contributed by atoms with van der Waals surface area (Å²) >= 11 is 8.45. The minimum Gasteiger partial charge on any atom is -0.316 e. The molecule has 0 aliphatic rings. The molecule has 0 saturated carbocycles. The van der Waals surface area contributed by atoms with Gasteiger partial charge in [0.1, 0.15) is 16.5 Å². The van der Waals surface area contributed by atoms with Gasteiger partial charge in [0.2, 0.25) is 0 Å². The third-order valence-corrected chi connectivity index (χ3v) is 2.75. The van der Waals surface area contributed by atoms with Crippen molar-refractivity contribution in [2.24, 2.45) is 0 Å². The molecule has 0 radical (unpaired) electrons. The predicted molar refractivity (Wildman–Crippen MR) is 69.1 cm³/mol. The molecule has 4 nitrogen and oxygen atoms in total. The van der Waals surface area contributed by atoms with Crippen molar-refractivity contribution in [2.45, 2.75) is 0 Å². The Balaban J connectivity index is 2.26. The van der Waals surface area contributed by atoms with Crippen molar-refractivity contribution in [3.8, 4) is 0 Å². The normalized spacial score (nSPS) is 10.3. The third kappa shape index (κ3) is 3.24. The van der Waals surface area contributed by atoms with Gasteiger partial charge in [-0.3, -0.25) is 4.79 Å². The fourth-order valence-electron chi connectivity index (χ4n) is 1.27. The van der Waals surface area contributed by atoms with Crippen molar-refractivity contribution >= 4 is 39.1 Å². The van der Waals surface area contributed by atoms with Crippen LogP contribution < -0.4 is 5.32 Å². The van der Waals surface area contributed by atoms with Crippen LogP contribution in [0.25, 0.3) is 0 Å². The van der Waals surface area contributed by atoms with Crippen LogP contribution in [0.1, 0.15) is 10.5 Å². The van der Waals surface area contributed by atoms with Crippen LogP contribution in [0, 0.1) is 11.6 Å². The number of nitrogens with one attached hydrogen (secondary N) is 1. The number of amides is 1. The Kier molecular flexibility index (Phi) is 4.06. The standard InChI is InChI=1S/C11H5BrClF2N3O/c12-5-1-6(14)10(7(15)2-5)18-11(19)8-3-17-9(13)4-16-8/h1-4H,(H,18,19). The van der Waals surface area contributed by atoms with Gasteiger partial charge in [-0.2, -0.15) is 0 Å². The average Bonchev–Trinajstić information content (AvgIpc) is 2.34. The molecule has 1 heterocycles. The average molecular weight is 349 g/mol. The Morgan fingerprint density at radius 1 is 1.21 bits per heavy atom. The van der Waals surface area contributed by atoms with Gasteiger partial charge in [-0.05, 0) is 12.1 Å². The smallest absolute Gasteiger partial charge is 0.276 e. The molecule has 1 amide bonds. The van der Waals surface area contributed by atoms with E-state index in [-0.39, 0.29) is 15.3 Å². The summed E-state index contributed by atoms with van der Waals surface area (Å²) in [6.45, 7) is 0. The van der Waals surface area contributed by atoms with E-state index in [9.17, 15) is 13.6 Å². The summed E-state index contributed by atoms with van der Waals surface area (Å²) < 4.78 is 27.2. The van der Waals surface area contributed by atoms with E-state index < -0.39 is 23.2 Å². The lowest BCUT2D eigenvalue weighted by molar-refractivity contribution is 0.102. The summed E-state index contributed by atoms with van der Waals surface area (Å²) in [6, 6.07) is 2.07. The highest BCUT2D eigenvalue weighted by molar-refractivity contribution is 9.10. The maximum absolute atomic E-state index is 13.5. The number of nitrogens with zero attached hydrogens (tertiary/aromatic N) is 2. The van der Waals surface area contributed by atoms with Crippen molar-refractivity contribution in [1.29, 1.82) is 0 Å². The lowest BCUT2D eigenvalue weighted by atomic mass is 10.2. The van der Waals surface area contributed by atoms with Crippen molar-refractivity contribution in [3.05, 3.63) is 51.5 Å². The number of aromatic nitrogens is 2. The lowest BCUT2D eigenvalue weighted by Crippen LogP contribution is -2.16. The van der Waals surface area contributed by atoms with E-state index in [4.69, 9.17) is 11.6 Å². The third-order valence-electron chi connectivity index (χ3n) is 2.10. The molecule has 98 valence electrons. The number of anilines is 1. The first-order chi connectivity index (χ1) is 8.97. The number of benzene rings is 1. The van der Waals surface area contributed by atoms with Gasteiger partial charge in [0.05, 0.1) is 12.4 Å². The maximum Gasteiger partial charge on any atom is 0.276 e. The van der Waals surface area contributed by atoms with Gasteiger partial charge in [0, 0.05) is 4.47 Å². The molecule has 0 aliphatic heterocycles. The van der Waals surface area contributed by atoms with E-state index in [1.807, 2.05) is 0 Å². The van der Waals surface area contributed by atoms with Crippen molar-refractivity contribution < 1.29 is 13.6 Å². The highest BCUT2D eigenvalue weighted by atomic mass is 79.9. The zero-order valence-electron chi connectivity index (χ0n) is 9.12. The van der Waals surface area contributed by atoms with Crippen molar-refractivity contribution in [2.75, 3.05) is 5.32 Å². The largest absolute Gasteiger partial charge is 0.316 e. The molecule has 0 aliphatic carbocycles. The molecule has 0 saturated heterocycles. The van der Waals surface area contributed by atoms with Crippen LogP contribution in [-0.4, -0.2) is 15.9 Å². The minimum absolute atomic E-state index is 0.105. The highest BCUT2D eigenvalue weighted by Crippen LogP contribution is 2.24. The molecular formula is C11H5BrClF2N3O. The Morgan fingerprint density at radius 3 is 2.37 bits per heavy atom. The molecule has 19 heavy (non-hydrogen) atoms. The van der Waals surface area contributed by atoms with Gasteiger partial charge in [0.25, 0.3) is 5.91 Å². The van der Waals surface area contributed by atoms with Crippen LogP contribution in [0.5, 0.6) is 0 Å². The van der Waals surface area contributed by atoms with E-state index in [1.54, 1.807) is 0 Å². The molecule has 1 aromatic heterocycles. The second-order valence-electron chi connectivity index (χ2n) is 3.42. The van der Waals surface area contributed by atoms with E-state index in [2.05, 4.69) is 31.2 Å². The maximum atomic E-state index is 13.5. The molecule has 0 fully saturated rings. The van der Waals surface area contributed by atoms with E-state index >= 15 is 0 Å². The first-order valence-electron chi connectivity index (χ1n) is 4.91. The van der Waals surface area contributed by atoms with E-state index in [0.29, 0.717) is 0 Å². The molecule has 2 aromatic rings. The molecular weight excluding hydrogens is 343 g/mol. The molecule has 0 atom stereocenters. The van der Waals surface area contributed by atoms with Gasteiger partial charge in [0.15, 0.2) is 11.6 Å². The summed E-state index contributed by atoms with van der Waals surface area (Å²) in [7, 11) is 0. The summed E-state index contributed by atoms with van der Waals surface area (Å²) in [4.78, 5) is 19.1. The Labute approximate surface area is 120 Å². The summed E-state index contributed by atoms with van der Waals surface area (Å²) in [5.41, 5.74) is -0.656. The summed E-state index contributed by atoms with van der Waals surface area (Å²) in [5, 5.41) is 2.19. The van der Waals surface area contributed by atoms with Crippen molar-refractivity contribution in [1.82, 2.24) is 9.97 Å². The van der Waals surface area contributed by atoms with Crippen LogP contribution in [0.15, 0.2) is 29.0 Å². The lowest BCUT2D eigenvalue weighted by Gasteiger charge is -2.07. The van der Waals surface area contributed by atoms with Crippen LogP contribution in [-0.2, 0) is 0 Å². The number of rotatable bonds is 2. The van der Waals surface area contributed by atoms with Crippen LogP contribution in [0.4, 0.5) is 14.5 Å². The molecule has 0 spiro atoms. The minimum atomic E-state index is -0.901. The summed E-state index contributed by atoms with van der Waals surface area (Å²) in [5.74, 6) is -2.59. The highest BCUT2D eigenvalue weighted by Gasteiger charge is 2.15. The first kappa shape index (κ1) is 13.8. The number of hydrogen-bond donors (Lipinski definition) is 1. The monoisotopic (exact) mass is 347 g/mol. The number of halogens is 4. The zero-order chi connectivity index (χ0) is 14.0. The van der Waals surface area contributed by atoms with Crippen LogP contribution in [0.3, 0.4) is 0 Å². The fourth-order valence-corrected chi connectivity index (χ4v) is 1.77. The molecule has 1 aromatic carbocycles. The van der Waals surface area contributed by atoms with E-state index in [1.165, 1.54) is 0 Å². The summed E-state index contributed by atoms with van der Waals surface area (Å²) in [6.07, 6.45) is 2.26. The number of carbonyl (C=O) groups is 1. The van der Waals surface area contributed by atoms with Gasteiger partial charge in [-0.15, -0.1) is 0 Å². The van der Waals surface area contributed by atoms with Crippen molar-refractivity contribution in [3.63, 3.8) is 0 Å². The SMILES string of the molecule is O=C(Nc1c(F)cc(Br)cc1F)c1cnc(Cl)cn1. The Bertz CT molecular complexity index is 613. The quantitative estimate of drug-likeness (QED) is 0.905. The predicted octanol–water partition coefficient (Wildman–Crippen LogP) is 3.42. The molecule has 2 rings (SSSR count). The van der Waals surface area contributed by atoms with Gasteiger partial charge in [-0.25, -0.2) is 18.7 Å². The van der Waals surface area contributed by atoms with Crippen LogP contribution >= 0.6 is 27.5 Å². The second-order valence-corrected chi connectivity index (χ2v) is 4.73. The van der Waals surface area contributed by atoms with Gasteiger partial charge < -0.3 is 5.32 Å². The first-order valence-corrected chi connectivity index (χ1v) is 6.08. The second kappa shape index (κ2) is 5.58. The van der Waals surface area contributed by atoms with Crippen LogP contribution in [0.2, 0.25) is 5.15 Å². The fraction of sp³-hybridized carbons (Fsp3) is 0. The topological polar surface area (TPSA) is 54.9 Å². The van der Waals surface area contributed by atoms with Gasteiger partial charge in [-0.1, -0.05) is 27.5 Å². The van der Waals surface area contributed by atoms with Gasteiger partial charge >= 0.3 is 0 Å². The van der Waals surface area contributed by atoms with E-state index in [0.717, 1.165) is 24.5 Å². The Morgan fingerprint density at radius 2 is 1.84 bits per heavy atom. The zero-order valence-corrected chi connectivity index (χ0v) is 11.5.